The molecule has 1 amide bonds. The number of non-ortho nitro benzene ring substituents is 1. The number of nitrogens with zero attached hydrogens (tertiary/aromatic N) is 2. The van der Waals surface area contributed by atoms with E-state index in [2.05, 4.69) is 5.32 Å². The summed E-state index contributed by atoms with van der Waals surface area (Å²) >= 11 is 0. The van der Waals surface area contributed by atoms with Crippen molar-refractivity contribution in [3.05, 3.63) is 93.5 Å². The van der Waals surface area contributed by atoms with Crippen LogP contribution in [0.3, 0.4) is 0 Å². The van der Waals surface area contributed by atoms with E-state index < -0.39 is 27.4 Å². The molecule has 0 fully saturated rings. The van der Waals surface area contributed by atoms with Crippen LogP contribution in [0.25, 0.3) is 0 Å². The molecule has 3 aromatic carbocycles. The summed E-state index contributed by atoms with van der Waals surface area (Å²) in [5, 5.41) is 13.7. The Kier molecular flexibility index (Phi) is 6.59. The van der Waals surface area contributed by atoms with E-state index in [0.29, 0.717) is 11.3 Å². The molecule has 0 aliphatic rings. The number of carbonyl (C=O) groups excluding carboxylic acids is 1. The van der Waals surface area contributed by atoms with Gasteiger partial charge >= 0.3 is 0 Å². The third-order valence-electron chi connectivity index (χ3n) is 4.82. The molecule has 0 atom stereocenters. The highest BCUT2D eigenvalue weighted by Crippen LogP contribution is 2.27. The minimum absolute atomic E-state index is 0.0542. The number of benzene rings is 3. The zero-order chi connectivity index (χ0) is 23.5. The van der Waals surface area contributed by atoms with Gasteiger partial charge < -0.3 is 5.32 Å². The van der Waals surface area contributed by atoms with Crippen LogP contribution in [0.5, 0.6) is 0 Å². The molecule has 0 aliphatic heterocycles. The van der Waals surface area contributed by atoms with Gasteiger partial charge in [-0.15, -0.1) is 0 Å². The molecule has 0 unspecified atom stereocenters. The van der Waals surface area contributed by atoms with Crippen LogP contribution in [0.2, 0.25) is 0 Å². The molecular weight excluding hydrogens is 430 g/mol. The van der Waals surface area contributed by atoms with Crippen LogP contribution in [0, 0.1) is 30.9 Å². The predicted octanol–water partition coefficient (Wildman–Crippen LogP) is 4.35. The summed E-state index contributed by atoms with van der Waals surface area (Å²) in [6, 6.07) is 17.3. The first-order valence-electron chi connectivity index (χ1n) is 9.79. The lowest BCUT2D eigenvalue weighted by atomic mass is 10.1. The number of nitro benzene ring substituents is 1. The maximum absolute atomic E-state index is 13.4. The summed E-state index contributed by atoms with van der Waals surface area (Å²) in [4.78, 5) is 23.5. The second kappa shape index (κ2) is 9.19. The molecule has 3 aromatic rings. The number of nitro groups is 1. The Balaban J connectivity index is 1.99. The van der Waals surface area contributed by atoms with Gasteiger partial charge in [0.25, 0.3) is 15.7 Å². The van der Waals surface area contributed by atoms with E-state index >= 15 is 0 Å². The number of hydrogen-bond donors (Lipinski definition) is 1. The molecule has 32 heavy (non-hydrogen) atoms. The molecule has 0 aromatic heterocycles. The van der Waals surface area contributed by atoms with Gasteiger partial charge in [0.05, 0.1) is 21.2 Å². The topological polar surface area (TPSA) is 110 Å². The molecule has 1 N–H and O–H groups in total. The first kappa shape index (κ1) is 23.0. The Hall–Kier alpha value is -3.72. The number of nitrogens with one attached hydrogen (secondary N) is 1. The molecule has 0 aliphatic carbocycles. The van der Waals surface area contributed by atoms with Crippen molar-refractivity contribution in [1.29, 1.82) is 0 Å². The van der Waals surface area contributed by atoms with Crippen molar-refractivity contribution in [1.82, 2.24) is 0 Å². The molecule has 8 nitrogen and oxygen atoms in total. The minimum Gasteiger partial charge on any atom is -0.324 e. The van der Waals surface area contributed by atoms with Crippen LogP contribution >= 0.6 is 0 Å². The fraction of sp³-hybridized carbons (Fsp3) is 0.174. The number of aryl methyl sites for hydroxylation is 3. The van der Waals surface area contributed by atoms with Gasteiger partial charge in [0, 0.05) is 12.1 Å². The predicted molar refractivity (Wildman–Crippen MR) is 123 cm³/mol. The number of rotatable bonds is 7. The molecule has 0 heterocycles. The molecule has 9 heteroatoms. The first-order chi connectivity index (χ1) is 15.1. The third-order valence-corrected chi connectivity index (χ3v) is 6.61. The molecule has 0 spiro atoms. The van der Waals surface area contributed by atoms with Gasteiger partial charge in [-0.25, -0.2) is 8.42 Å². The maximum atomic E-state index is 13.4. The van der Waals surface area contributed by atoms with Crippen LogP contribution < -0.4 is 9.62 Å². The Morgan fingerprint density at radius 2 is 1.59 bits per heavy atom. The van der Waals surface area contributed by atoms with Crippen molar-refractivity contribution in [2.75, 3.05) is 16.2 Å². The van der Waals surface area contributed by atoms with E-state index in [1.165, 1.54) is 30.3 Å². The van der Waals surface area contributed by atoms with Crippen LogP contribution in [-0.4, -0.2) is 25.8 Å². The number of anilines is 2. The summed E-state index contributed by atoms with van der Waals surface area (Å²) < 4.78 is 27.9. The lowest BCUT2D eigenvalue weighted by molar-refractivity contribution is -0.384. The lowest BCUT2D eigenvalue weighted by Crippen LogP contribution is -2.38. The van der Waals surface area contributed by atoms with E-state index in [0.717, 1.165) is 15.4 Å². The van der Waals surface area contributed by atoms with E-state index in [-0.39, 0.29) is 16.3 Å². The van der Waals surface area contributed by atoms with E-state index in [4.69, 9.17) is 0 Å². The van der Waals surface area contributed by atoms with Crippen molar-refractivity contribution in [2.45, 2.75) is 25.7 Å². The highest BCUT2D eigenvalue weighted by Gasteiger charge is 2.27. The Morgan fingerprint density at radius 1 is 0.969 bits per heavy atom. The Bertz CT molecular complexity index is 1250. The number of sulfonamides is 1. The zero-order valence-electron chi connectivity index (χ0n) is 17.9. The molecule has 166 valence electrons. The summed E-state index contributed by atoms with van der Waals surface area (Å²) in [6.45, 7) is 4.89. The van der Waals surface area contributed by atoms with Crippen molar-refractivity contribution >= 4 is 33.0 Å². The SMILES string of the molecule is Cc1cc(C)cc(N(CC(=O)Nc2cc([N+](=O)[O-])ccc2C)S(=O)(=O)c2ccccc2)c1. The van der Waals surface area contributed by atoms with E-state index in [1.54, 1.807) is 37.3 Å². The molecule has 0 saturated heterocycles. The van der Waals surface area contributed by atoms with Crippen LogP contribution in [-0.2, 0) is 14.8 Å². The van der Waals surface area contributed by atoms with Gasteiger partial charge in [-0.2, -0.15) is 0 Å². The number of carbonyl (C=O) groups is 1. The van der Waals surface area contributed by atoms with Crippen LogP contribution in [0.4, 0.5) is 17.1 Å². The van der Waals surface area contributed by atoms with E-state index in [1.807, 2.05) is 19.9 Å². The fourth-order valence-electron chi connectivity index (χ4n) is 3.31. The molecule has 0 radical (unpaired) electrons. The second-order valence-corrected chi connectivity index (χ2v) is 9.34. The highest BCUT2D eigenvalue weighted by atomic mass is 32.2. The molecular formula is C23H23N3O5S. The average molecular weight is 454 g/mol. The minimum atomic E-state index is -4.04. The largest absolute Gasteiger partial charge is 0.324 e. The van der Waals surface area contributed by atoms with Gasteiger partial charge in [-0.3, -0.25) is 19.2 Å². The van der Waals surface area contributed by atoms with Gasteiger partial charge in [0.1, 0.15) is 6.54 Å². The normalized spacial score (nSPS) is 11.1. The van der Waals surface area contributed by atoms with Crippen molar-refractivity contribution in [2.24, 2.45) is 0 Å². The summed E-state index contributed by atoms with van der Waals surface area (Å²) in [6.07, 6.45) is 0. The van der Waals surface area contributed by atoms with Crippen molar-refractivity contribution < 1.29 is 18.1 Å². The summed E-state index contributed by atoms with van der Waals surface area (Å²) in [7, 11) is -4.04. The monoisotopic (exact) mass is 453 g/mol. The quantitative estimate of drug-likeness (QED) is 0.422. The van der Waals surface area contributed by atoms with Gasteiger partial charge in [-0.1, -0.05) is 30.3 Å². The fourth-order valence-corrected chi connectivity index (χ4v) is 4.73. The third kappa shape index (κ3) is 5.12. The molecule has 0 saturated carbocycles. The lowest BCUT2D eigenvalue weighted by Gasteiger charge is -2.25. The highest BCUT2D eigenvalue weighted by molar-refractivity contribution is 7.92. The average Bonchev–Trinajstić information content (AvgIpc) is 2.73. The molecule has 3 rings (SSSR count). The van der Waals surface area contributed by atoms with Crippen LogP contribution in [0.15, 0.2) is 71.6 Å². The molecule has 0 bridgehead atoms. The standard InChI is InChI=1S/C23H23N3O5S/c1-16-11-17(2)13-20(12-16)25(32(30,31)21-7-5-4-6-8-21)15-23(27)24-22-14-19(26(28)29)10-9-18(22)3/h4-14H,15H2,1-3H3,(H,24,27). The maximum Gasteiger partial charge on any atom is 0.271 e. The van der Waals surface area contributed by atoms with Gasteiger partial charge in [0.2, 0.25) is 5.91 Å². The first-order valence-corrected chi connectivity index (χ1v) is 11.2. The summed E-state index contributed by atoms with van der Waals surface area (Å²) in [5.74, 6) is -0.618. The Morgan fingerprint density at radius 3 is 2.19 bits per heavy atom. The number of amides is 1. The Labute approximate surface area is 186 Å². The smallest absolute Gasteiger partial charge is 0.271 e. The van der Waals surface area contributed by atoms with E-state index in [9.17, 15) is 23.3 Å². The van der Waals surface area contributed by atoms with Gasteiger partial charge in [0.15, 0.2) is 0 Å². The van der Waals surface area contributed by atoms with Crippen LogP contribution in [0.1, 0.15) is 16.7 Å². The number of hydrogen-bond acceptors (Lipinski definition) is 5. The van der Waals surface area contributed by atoms with Gasteiger partial charge in [-0.05, 0) is 61.7 Å². The zero-order valence-corrected chi connectivity index (χ0v) is 18.7. The summed E-state index contributed by atoms with van der Waals surface area (Å²) in [5.41, 5.74) is 2.76. The van der Waals surface area contributed by atoms with Crippen molar-refractivity contribution in [3.63, 3.8) is 0 Å². The second-order valence-electron chi connectivity index (χ2n) is 7.48. The van der Waals surface area contributed by atoms with Crippen molar-refractivity contribution in [3.8, 4) is 0 Å².